The van der Waals surface area contributed by atoms with Gasteiger partial charge in [-0.05, 0) is 6.08 Å². The highest BCUT2D eigenvalue weighted by molar-refractivity contribution is 6.49. The van der Waals surface area contributed by atoms with Crippen molar-refractivity contribution in [3.05, 3.63) is 12.7 Å². The maximum atomic E-state index is 5.67. The molecule has 1 unspecified atom stereocenters. The second-order valence-corrected chi connectivity index (χ2v) is 3.50. The van der Waals surface area contributed by atoms with E-state index in [0.29, 0.717) is 10.5 Å². The third-order valence-corrected chi connectivity index (χ3v) is 3.22. The van der Waals surface area contributed by atoms with Gasteiger partial charge in [-0.3, -0.25) is 0 Å². The summed E-state index contributed by atoms with van der Waals surface area (Å²) in [6.45, 7) is 3.42. The van der Waals surface area contributed by atoms with Gasteiger partial charge in [0.2, 0.25) is 0 Å². The van der Waals surface area contributed by atoms with Gasteiger partial charge in [-0.1, -0.05) is 18.2 Å². The van der Waals surface area contributed by atoms with Crippen LogP contribution in [0.5, 0.6) is 0 Å². The molecule has 0 radical (unpaired) electrons. The number of alkyl halides is 3. The lowest BCUT2D eigenvalue weighted by Crippen LogP contribution is -2.29. The van der Waals surface area contributed by atoms with Crippen molar-refractivity contribution in [1.82, 2.24) is 0 Å². The lowest BCUT2D eigenvalue weighted by molar-refractivity contribution is 0.245. The van der Waals surface area contributed by atoms with Crippen LogP contribution < -0.4 is 0 Å². The zero-order chi connectivity index (χ0) is 7.49. The molecule has 0 aromatic heterocycles. The van der Waals surface area contributed by atoms with E-state index in [9.17, 15) is 0 Å². The Kier molecular flexibility index (Phi) is 4.17. The number of rotatable bonds is 3. The van der Waals surface area contributed by atoms with E-state index in [1.54, 1.807) is 0 Å². The molecule has 0 aromatic carbocycles. The summed E-state index contributed by atoms with van der Waals surface area (Å²) in [5.74, 6) is 0. The Labute approximate surface area is 72.5 Å². The van der Waals surface area contributed by atoms with E-state index in [-0.39, 0.29) is 0 Å². The molecule has 9 heavy (non-hydrogen) atoms. The normalized spacial score (nSPS) is 17.8. The smallest absolute Gasteiger partial charge is 0.180 e. The molecule has 0 fully saturated rings. The van der Waals surface area contributed by atoms with E-state index in [4.69, 9.17) is 39.2 Å². The predicted octanol–water partition coefficient (Wildman–Crippen LogP) is 1.21. The van der Waals surface area contributed by atoms with Gasteiger partial charge < -0.3 is 4.43 Å². The van der Waals surface area contributed by atoms with Crippen LogP contribution in [0.4, 0.5) is 0 Å². The Hall–Kier alpha value is 0.787. The van der Waals surface area contributed by atoms with Gasteiger partial charge in [0.1, 0.15) is 10.5 Å². The van der Waals surface area contributed by atoms with Crippen LogP contribution in [0.2, 0.25) is 0 Å². The number of hydrogen-bond acceptors (Lipinski definition) is 1. The minimum absolute atomic E-state index is 0.482. The molecule has 0 aliphatic heterocycles. The monoisotopic (exact) mass is 204 g/mol. The fourth-order valence-corrected chi connectivity index (χ4v) is 1.32. The molecule has 0 bridgehead atoms. The van der Waals surface area contributed by atoms with Crippen LogP contribution in [0.1, 0.15) is 0 Å². The fraction of sp³-hybridized carbons (Fsp3) is 0.500. The SMILES string of the molecule is C=CC(Cl)(O[SiH3])C(Cl)Cl. The highest BCUT2D eigenvalue weighted by Gasteiger charge is 2.29. The first-order valence-electron chi connectivity index (χ1n) is 2.22. The van der Waals surface area contributed by atoms with Crippen LogP contribution in [0.25, 0.3) is 0 Å². The van der Waals surface area contributed by atoms with Crippen molar-refractivity contribution in [3.8, 4) is 0 Å². The van der Waals surface area contributed by atoms with Gasteiger partial charge in [-0.25, -0.2) is 0 Å². The number of halogens is 3. The Balaban J connectivity index is 4.08. The summed E-state index contributed by atoms with van der Waals surface area (Å²) in [4.78, 5) is -0.769. The van der Waals surface area contributed by atoms with Crippen LogP contribution in [-0.4, -0.2) is 20.4 Å². The molecule has 0 aliphatic carbocycles. The maximum Gasteiger partial charge on any atom is 0.180 e. The first-order chi connectivity index (χ1) is 4.06. The van der Waals surface area contributed by atoms with E-state index >= 15 is 0 Å². The first-order valence-corrected chi connectivity index (χ1v) is 4.29. The first kappa shape index (κ1) is 9.79. The quantitative estimate of drug-likeness (QED) is 0.382. The highest BCUT2D eigenvalue weighted by Crippen LogP contribution is 2.28. The zero-order valence-corrected chi connectivity index (χ0v) is 9.17. The summed E-state index contributed by atoms with van der Waals surface area (Å²) < 4.78 is 4.87. The van der Waals surface area contributed by atoms with Crippen LogP contribution >= 0.6 is 34.8 Å². The molecular formula is C4H7Cl3OSi. The van der Waals surface area contributed by atoms with E-state index in [0.717, 1.165) is 0 Å². The molecule has 0 aromatic rings. The molecule has 1 nitrogen and oxygen atoms in total. The molecule has 0 aliphatic rings. The average molecular weight is 206 g/mol. The Morgan fingerprint density at radius 2 is 2.11 bits per heavy atom. The lowest BCUT2D eigenvalue weighted by Gasteiger charge is -2.22. The van der Waals surface area contributed by atoms with Crippen LogP contribution in [0.15, 0.2) is 12.7 Å². The number of hydrogen-bond donors (Lipinski definition) is 0. The minimum atomic E-state index is -1.09. The van der Waals surface area contributed by atoms with Crippen molar-refractivity contribution in [2.45, 2.75) is 9.90 Å². The Morgan fingerprint density at radius 1 is 1.67 bits per heavy atom. The summed E-state index contributed by atoms with van der Waals surface area (Å²) in [7, 11) is 0.482. The molecule has 0 saturated heterocycles. The van der Waals surface area contributed by atoms with E-state index < -0.39 is 9.90 Å². The Morgan fingerprint density at radius 3 is 2.11 bits per heavy atom. The standard InChI is InChI=1S/C4H7Cl3OSi/c1-2-4(7,8-9)3(5)6/h2-3H,1H2,9H3. The summed E-state index contributed by atoms with van der Waals surface area (Å²) in [5.41, 5.74) is 0. The van der Waals surface area contributed by atoms with Gasteiger partial charge in [0.25, 0.3) is 0 Å². The van der Waals surface area contributed by atoms with Crippen LogP contribution in [-0.2, 0) is 4.43 Å². The van der Waals surface area contributed by atoms with Crippen molar-refractivity contribution in [2.24, 2.45) is 0 Å². The molecular weight excluding hydrogens is 198 g/mol. The van der Waals surface area contributed by atoms with Crippen molar-refractivity contribution in [3.63, 3.8) is 0 Å². The van der Waals surface area contributed by atoms with Gasteiger partial charge in [0.05, 0.1) is 0 Å². The molecule has 0 amide bonds. The molecule has 0 rings (SSSR count). The summed E-state index contributed by atoms with van der Waals surface area (Å²) >= 11 is 16.6. The van der Waals surface area contributed by atoms with Gasteiger partial charge in [0, 0.05) is 0 Å². The second-order valence-electron chi connectivity index (χ2n) is 1.41. The van der Waals surface area contributed by atoms with Crippen molar-refractivity contribution in [1.29, 1.82) is 0 Å². The van der Waals surface area contributed by atoms with Crippen molar-refractivity contribution in [2.75, 3.05) is 0 Å². The van der Waals surface area contributed by atoms with Gasteiger partial charge in [0.15, 0.2) is 9.90 Å². The lowest BCUT2D eigenvalue weighted by atomic mass is 10.4. The maximum absolute atomic E-state index is 5.67. The van der Waals surface area contributed by atoms with Gasteiger partial charge in [-0.15, -0.1) is 23.2 Å². The molecule has 0 N–H and O–H groups in total. The van der Waals surface area contributed by atoms with Crippen molar-refractivity contribution < 1.29 is 4.43 Å². The highest BCUT2D eigenvalue weighted by atomic mass is 35.5. The fourth-order valence-electron chi connectivity index (χ4n) is 0.262. The molecule has 0 heterocycles. The molecule has 5 heteroatoms. The molecule has 0 spiro atoms. The van der Waals surface area contributed by atoms with Crippen molar-refractivity contribution >= 4 is 45.3 Å². The largest absolute Gasteiger partial charge is 0.405 e. The third-order valence-electron chi connectivity index (χ3n) is 0.889. The van der Waals surface area contributed by atoms with Gasteiger partial charge in [-0.2, -0.15) is 0 Å². The summed E-state index contributed by atoms with van der Waals surface area (Å²) in [5, 5.41) is -1.09. The van der Waals surface area contributed by atoms with E-state index in [1.807, 2.05) is 0 Å². The van der Waals surface area contributed by atoms with Crippen LogP contribution in [0, 0.1) is 0 Å². The second kappa shape index (κ2) is 3.83. The van der Waals surface area contributed by atoms with E-state index in [1.165, 1.54) is 6.08 Å². The third kappa shape index (κ3) is 2.48. The van der Waals surface area contributed by atoms with Gasteiger partial charge >= 0.3 is 0 Å². The topological polar surface area (TPSA) is 9.23 Å². The molecule has 0 saturated carbocycles. The predicted molar refractivity (Wildman–Crippen MR) is 45.3 cm³/mol. The average Bonchev–Trinajstić information content (AvgIpc) is 1.86. The Bertz CT molecular complexity index is 108. The van der Waals surface area contributed by atoms with E-state index in [2.05, 4.69) is 6.58 Å². The molecule has 1 atom stereocenters. The summed E-state index contributed by atoms with van der Waals surface area (Å²) in [6.07, 6.45) is 1.38. The van der Waals surface area contributed by atoms with Crippen LogP contribution in [0.3, 0.4) is 0 Å². The minimum Gasteiger partial charge on any atom is -0.405 e. The summed E-state index contributed by atoms with van der Waals surface area (Å²) in [6, 6.07) is 0. The molecule has 54 valence electrons. The zero-order valence-electron chi connectivity index (χ0n) is 4.90.